The molecule has 0 unspecified atom stereocenters. The molecule has 0 atom stereocenters. The summed E-state index contributed by atoms with van der Waals surface area (Å²) in [5.41, 5.74) is 8.65. The van der Waals surface area contributed by atoms with E-state index in [4.69, 9.17) is 5.73 Å². The first-order chi connectivity index (χ1) is 11.1. The molecule has 0 aliphatic rings. The number of benzene rings is 1. The molecule has 116 valence electrons. The van der Waals surface area contributed by atoms with Crippen LogP contribution >= 0.6 is 11.3 Å². The van der Waals surface area contributed by atoms with Gasteiger partial charge in [0.1, 0.15) is 6.33 Å². The minimum Gasteiger partial charge on any atom is -0.399 e. The summed E-state index contributed by atoms with van der Waals surface area (Å²) >= 11 is 1.47. The van der Waals surface area contributed by atoms with Gasteiger partial charge in [0.2, 0.25) is 11.6 Å². The van der Waals surface area contributed by atoms with E-state index >= 15 is 0 Å². The zero-order valence-corrected chi connectivity index (χ0v) is 13.0. The van der Waals surface area contributed by atoms with Crippen LogP contribution in [0.25, 0.3) is 0 Å². The standard InChI is InChI=1S/C16H14N4O2S/c17-12-3-1-10(2-4-12)5-11-6-13(23-8-11)7-14(21)15(22)16-18-9-19-20-16/h1-4,6,8-9H,5,7,17H2,(H,18,19,20). The van der Waals surface area contributed by atoms with Crippen molar-refractivity contribution in [3.8, 4) is 0 Å². The lowest BCUT2D eigenvalue weighted by Gasteiger charge is -1.99. The van der Waals surface area contributed by atoms with Crippen molar-refractivity contribution in [3.63, 3.8) is 0 Å². The summed E-state index contributed by atoms with van der Waals surface area (Å²) in [7, 11) is 0. The number of H-pyrrole nitrogens is 1. The van der Waals surface area contributed by atoms with Crippen molar-refractivity contribution < 1.29 is 9.59 Å². The molecule has 7 heteroatoms. The minimum atomic E-state index is -0.667. The van der Waals surface area contributed by atoms with Crippen LogP contribution in [0.4, 0.5) is 5.69 Å². The molecule has 2 aromatic heterocycles. The third-order valence-electron chi connectivity index (χ3n) is 3.30. The number of hydrogen-bond acceptors (Lipinski definition) is 6. The number of nitrogen functional groups attached to an aromatic ring is 1. The van der Waals surface area contributed by atoms with Crippen LogP contribution in [0.2, 0.25) is 0 Å². The Hall–Kier alpha value is -2.80. The van der Waals surface area contributed by atoms with E-state index in [9.17, 15) is 9.59 Å². The highest BCUT2D eigenvalue weighted by atomic mass is 32.1. The van der Waals surface area contributed by atoms with Gasteiger partial charge in [0.05, 0.1) is 0 Å². The second kappa shape index (κ2) is 6.53. The number of nitrogens with two attached hydrogens (primary N) is 1. The van der Waals surface area contributed by atoms with E-state index < -0.39 is 11.6 Å². The van der Waals surface area contributed by atoms with Gasteiger partial charge in [-0.2, -0.15) is 0 Å². The summed E-state index contributed by atoms with van der Waals surface area (Å²) in [6.45, 7) is 0. The molecule has 23 heavy (non-hydrogen) atoms. The van der Waals surface area contributed by atoms with Crippen molar-refractivity contribution in [3.05, 3.63) is 63.9 Å². The largest absolute Gasteiger partial charge is 0.399 e. The van der Waals surface area contributed by atoms with Gasteiger partial charge in [-0.1, -0.05) is 12.1 Å². The molecule has 0 fully saturated rings. The average Bonchev–Trinajstić information content (AvgIpc) is 3.21. The van der Waals surface area contributed by atoms with Gasteiger partial charge in [0.15, 0.2) is 0 Å². The van der Waals surface area contributed by atoms with E-state index in [2.05, 4.69) is 15.2 Å². The Balaban J connectivity index is 1.64. The predicted octanol–water partition coefficient (Wildman–Crippen LogP) is 2.03. The lowest BCUT2D eigenvalue weighted by molar-refractivity contribution is -0.114. The van der Waals surface area contributed by atoms with Gasteiger partial charge < -0.3 is 5.73 Å². The van der Waals surface area contributed by atoms with Gasteiger partial charge in [0, 0.05) is 17.0 Å². The van der Waals surface area contributed by atoms with E-state index in [0.29, 0.717) is 0 Å². The van der Waals surface area contributed by atoms with E-state index in [1.54, 1.807) is 0 Å². The van der Waals surface area contributed by atoms with Crippen molar-refractivity contribution in [2.24, 2.45) is 0 Å². The van der Waals surface area contributed by atoms with Crippen molar-refractivity contribution >= 4 is 28.6 Å². The number of carbonyl (C=O) groups excluding carboxylic acids is 2. The highest BCUT2D eigenvalue weighted by Crippen LogP contribution is 2.19. The van der Waals surface area contributed by atoms with Gasteiger partial charge in [-0.05, 0) is 41.1 Å². The number of thiophene rings is 1. The second-order valence-corrected chi connectivity index (χ2v) is 6.09. The van der Waals surface area contributed by atoms with Crippen LogP contribution < -0.4 is 5.73 Å². The molecule has 0 amide bonds. The number of aromatic amines is 1. The van der Waals surface area contributed by atoms with E-state index in [0.717, 1.165) is 28.1 Å². The zero-order chi connectivity index (χ0) is 16.2. The van der Waals surface area contributed by atoms with Crippen molar-refractivity contribution in [1.29, 1.82) is 0 Å². The summed E-state index contributed by atoms with van der Waals surface area (Å²) < 4.78 is 0. The molecule has 2 heterocycles. The summed E-state index contributed by atoms with van der Waals surface area (Å²) in [6, 6.07) is 9.63. The Labute approximate surface area is 136 Å². The maximum atomic E-state index is 12.0. The van der Waals surface area contributed by atoms with Gasteiger partial charge in [-0.15, -0.1) is 16.4 Å². The average molecular weight is 326 g/mol. The topological polar surface area (TPSA) is 102 Å². The first kappa shape index (κ1) is 15.1. The number of nitrogens with one attached hydrogen (secondary N) is 1. The van der Waals surface area contributed by atoms with Crippen LogP contribution in [0.1, 0.15) is 26.6 Å². The Kier molecular flexibility index (Phi) is 4.29. The number of Topliss-reactive ketones (excluding diaryl/α,β-unsaturated/α-hetero) is 2. The maximum Gasteiger partial charge on any atom is 0.267 e. The fourth-order valence-corrected chi connectivity index (χ4v) is 3.05. The highest BCUT2D eigenvalue weighted by molar-refractivity contribution is 7.10. The fourth-order valence-electron chi connectivity index (χ4n) is 2.16. The molecule has 3 aromatic rings. The van der Waals surface area contributed by atoms with Crippen LogP contribution in [-0.2, 0) is 17.6 Å². The van der Waals surface area contributed by atoms with E-state index in [-0.39, 0.29) is 12.2 Å². The molecule has 1 aromatic carbocycles. The predicted molar refractivity (Wildman–Crippen MR) is 87.4 cm³/mol. The van der Waals surface area contributed by atoms with Crippen molar-refractivity contribution in [1.82, 2.24) is 15.2 Å². The smallest absolute Gasteiger partial charge is 0.267 e. The second-order valence-electron chi connectivity index (χ2n) is 5.09. The van der Waals surface area contributed by atoms with E-state index in [1.807, 2.05) is 35.7 Å². The molecule has 0 saturated heterocycles. The number of nitrogens with zero attached hydrogens (tertiary/aromatic N) is 2. The number of ketones is 2. The number of aromatic nitrogens is 3. The summed E-state index contributed by atoms with van der Waals surface area (Å²) in [6.07, 6.45) is 2.11. The van der Waals surface area contributed by atoms with Gasteiger partial charge in [-0.3, -0.25) is 14.7 Å². The van der Waals surface area contributed by atoms with Crippen LogP contribution in [0.15, 0.2) is 42.0 Å². The molecular formula is C16H14N4O2S. The van der Waals surface area contributed by atoms with Gasteiger partial charge >= 0.3 is 0 Å². The Morgan fingerprint density at radius 2 is 1.96 bits per heavy atom. The Bertz CT molecular complexity index is 822. The van der Waals surface area contributed by atoms with Crippen LogP contribution in [0, 0.1) is 0 Å². The third-order valence-corrected chi connectivity index (χ3v) is 4.29. The van der Waals surface area contributed by atoms with Gasteiger partial charge in [-0.25, -0.2) is 4.98 Å². The first-order valence-electron chi connectivity index (χ1n) is 6.96. The quantitative estimate of drug-likeness (QED) is 0.410. The molecule has 6 nitrogen and oxygen atoms in total. The SMILES string of the molecule is Nc1ccc(Cc2csc(CC(=O)C(=O)c3nc[nH]n3)c2)cc1. The summed E-state index contributed by atoms with van der Waals surface area (Å²) in [4.78, 5) is 28.4. The molecule has 0 saturated carbocycles. The number of carbonyl (C=O) groups is 2. The molecular weight excluding hydrogens is 312 g/mol. The van der Waals surface area contributed by atoms with Crippen molar-refractivity contribution in [2.45, 2.75) is 12.8 Å². The maximum absolute atomic E-state index is 12.0. The van der Waals surface area contributed by atoms with Crippen molar-refractivity contribution in [2.75, 3.05) is 5.73 Å². The fraction of sp³-hybridized carbons (Fsp3) is 0.125. The minimum absolute atomic E-state index is 0.0692. The molecule has 0 aliphatic heterocycles. The Morgan fingerprint density at radius 3 is 2.65 bits per heavy atom. The lowest BCUT2D eigenvalue weighted by Crippen LogP contribution is -2.17. The van der Waals surface area contributed by atoms with Crippen LogP contribution in [0.3, 0.4) is 0 Å². The van der Waals surface area contributed by atoms with Gasteiger partial charge in [0.25, 0.3) is 5.78 Å². The summed E-state index contributed by atoms with van der Waals surface area (Å²) in [5, 5.41) is 8.05. The zero-order valence-electron chi connectivity index (χ0n) is 12.2. The molecule has 0 aliphatic carbocycles. The van der Waals surface area contributed by atoms with E-state index in [1.165, 1.54) is 17.7 Å². The lowest BCUT2D eigenvalue weighted by atomic mass is 10.1. The molecule has 0 bridgehead atoms. The summed E-state index contributed by atoms with van der Waals surface area (Å²) in [5.74, 6) is -1.26. The molecule has 0 radical (unpaired) electrons. The molecule has 0 spiro atoms. The van der Waals surface area contributed by atoms with Crippen LogP contribution in [0.5, 0.6) is 0 Å². The molecule has 3 N–H and O–H groups in total. The Morgan fingerprint density at radius 1 is 1.17 bits per heavy atom. The monoisotopic (exact) mass is 326 g/mol. The van der Waals surface area contributed by atoms with Crippen LogP contribution in [-0.4, -0.2) is 26.7 Å². The number of rotatable bonds is 6. The third kappa shape index (κ3) is 3.70. The molecule has 3 rings (SSSR count). The normalized spacial score (nSPS) is 10.6. The highest BCUT2D eigenvalue weighted by Gasteiger charge is 2.20. The number of hydrogen-bond donors (Lipinski definition) is 2. The first-order valence-corrected chi connectivity index (χ1v) is 7.84. The number of anilines is 1.